The molecule has 1 heteroatoms. The molecular weight excluding hydrogens is 180 g/mol. The Balaban J connectivity index is 0.000000226. The average Bonchev–Trinajstić information content (AvgIpc) is 2.17. The Morgan fingerprint density at radius 2 is 1.69 bits per heavy atom. The molecule has 0 unspecified atom stereocenters. The molecule has 13 heavy (non-hydrogen) atoms. The first-order valence-electron chi connectivity index (χ1n) is 4.89. The van der Waals surface area contributed by atoms with Gasteiger partial charge in [0, 0.05) is 5.88 Å². The Morgan fingerprint density at radius 1 is 1.08 bits per heavy atom. The standard InChI is InChI=1S/C7H8.C5H11Cl/c1-7-5-3-2-4-6-7;1-2-3-4-5-6/h2-6H,1H3;2-5H2,1H3. The first-order valence-corrected chi connectivity index (χ1v) is 5.42. The van der Waals surface area contributed by atoms with Gasteiger partial charge in [-0.15, -0.1) is 11.6 Å². The van der Waals surface area contributed by atoms with Crippen molar-refractivity contribution in [2.24, 2.45) is 0 Å². The first-order chi connectivity index (χ1) is 6.31. The monoisotopic (exact) mass is 198 g/mol. The second kappa shape index (κ2) is 9.60. The van der Waals surface area contributed by atoms with Gasteiger partial charge in [0.15, 0.2) is 0 Å². The number of hydrogen-bond acceptors (Lipinski definition) is 0. The van der Waals surface area contributed by atoms with Gasteiger partial charge in [0.1, 0.15) is 0 Å². The number of benzene rings is 1. The molecule has 0 aliphatic heterocycles. The highest BCUT2D eigenvalue weighted by Crippen LogP contribution is 1.93. The van der Waals surface area contributed by atoms with Gasteiger partial charge in [0.05, 0.1) is 0 Å². The van der Waals surface area contributed by atoms with Gasteiger partial charge in [-0.05, 0) is 13.3 Å². The van der Waals surface area contributed by atoms with Crippen LogP contribution in [0.3, 0.4) is 0 Å². The third-order valence-electron chi connectivity index (χ3n) is 1.68. The summed E-state index contributed by atoms with van der Waals surface area (Å²) in [6.07, 6.45) is 3.73. The molecule has 0 aromatic heterocycles. The van der Waals surface area contributed by atoms with Crippen molar-refractivity contribution >= 4 is 11.6 Å². The van der Waals surface area contributed by atoms with Crippen LogP contribution in [0.2, 0.25) is 0 Å². The molecule has 1 aromatic rings. The normalized spacial score (nSPS) is 8.85. The number of aryl methyl sites for hydroxylation is 1. The van der Waals surface area contributed by atoms with Crippen molar-refractivity contribution in [1.29, 1.82) is 0 Å². The van der Waals surface area contributed by atoms with Crippen molar-refractivity contribution in [3.8, 4) is 0 Å². The summed E-state index contributed by atoms with van der Waals surface area (Å²) in [5.74, 6) is 0.827. The minimum Gasteiger partial charge on any atom is -0.127 e. The second-order valence-corrected chi connectivity index (χ2v) is 3.43. The van der Waals surface area contributed by atoms with Gasteiger partial charge in [-0.25, -0.2) is 0 Å². The smallest absolute Gasteiger partial charge is 0.0223 e. The zero-order valence-electron chi connectivity index (χ0n) is 8.59. The van der Waals surface area contributed by atoms with E-state index in [2.05, 4.69) is 26.0 Å². The predicted molar refractivity (Wildman–Crippen MR) is 61.4 cm³/mol. The molecule has 0 spiro atoms. The minimum atomic E-state index is 0.827. The van der Waals surface area contributed by atoms with E-state index in [9.17, 15) is 0 Å². The van der Waals surface area contributed by atoms with Crippen molar-refractivity contribution in [1.82, 2.24) is 0 Å². The number of hydrogen-bond donors (Lipinski definition) is 0. The molecule has 0 saturated heterocycles. The van der Waals surface area contributed by atoms with Crippen LogP contribution >= 0.6 is 11.6 Å². The van der Waals surface area contributed by atoms with Crippen LogP contribution in [0.4, 0.5) is 0 Å². The topological polar surface area (TPSA) is 0 Å². The van der Waals surface area contributed by atoms with Crippen molar-refractivity contribution in [3.63, 3.8) is 0 Å². The summed E-state index contributed by atoms with van der Waals surface area (Å²) < 4.78 is 0. The van der Waals surface area contributed by atoms with E-state index in [0.29, 0.717) is 0 Å². The Kier molecular flexibility index (Phi) is 9.24. The molecule has 0 amide bonds. The first kappa shape index (κ1) is 12.5. The van der Waals surface area contributed by atoms with E-state index in [0.717, 1.165) is 5.88 Å². The summed E-state index contributed by atoms with van der Waals surface area (Å²) in [6.45, 7) is 4.26. The summed E-state index contributed by atoms with van der Waals surface area (Å²) >= 11 is 5.38. The molecule has 0 aliphatic rings. The van der Waals surface area contributed by atoms with Crippen LogP contribution in [0.1, 0.15) is 31.7 Å². The molecule has 0 saturated carbocycles. The number of rotatable bonds is 3. The maximum absolute atomic E-state index is 5.38. The zero-order valence-corrected chi connectivity index (χ0v) is 9.35. The van der Waals surface area contributed by atoms with E-state index in [1.807, 2.05) is 18.2 Å². The lowest BCUT2D eigenvalue weighted by molar-refractivity contribution is 0.776. The van der Waals surface area contributed by atoms with E-state index < -0.39 is 0 Å². The van der Waals surface area contributed by atoms with Crippen molar-refractivity contribution in [2.45, 2.75) is 33.1 Å². The van der Waals surface area contributed by atoms with Gasteiger partial charge < -0.3 is 0 Å². The Hall–Kier alpha value is -0.490. The third kappa shape index (κ3) is 9.42. The Labute approximate surface area is 86.9 Å². The number of halogens is 1. The van der Waals surface area contributed by atoms with Crippen LogP contribution in [0, 0.1) is 6.92 Å². The molecule has 0 aliphatic carbocycles. The van der Waals surface area contributed by atoms with E-state index >= 15 is 0 Å². The molecular formula is C12H19Cl. The van der Waals surface area contributed by atoms with Crippen LogP contribution in [0.5, 0.6) is 0 Å². The Morgan fingerprint density at radius 3 is 1.92 bits per heavy atom. The largest absolute Gasteiger partial charge is 0.127 e. The van der Waals surface area contributed by atoms with Crippen LogP contribution in [-0.2, 0) is 0 Å². The maximum atomic E-state index is 5.38. The quantitative estimate of drug-likeness (QED) is 0.499. The molecule has 0 bridgehead atoms. The van der Waals surface area contributed by atoms with Crippen molar-refractivity contribution in [2.75, 3.05) is 5.88 Å². The summed E-state index contributed by atoms with van der Waals surface area (Å²) in [5, 5.41) is 0. The van der Waals surface area contributed by atoms with Gasteiger partial charge in [-0.3, -0.25) is 0 Å². The lowest BCUT2D eigenvalue weighted by Gasteiger charge is -1.84. The zero-order chi connectivity index (χ0) is 9.94. The van der Waals surface area contributed by atoms with E-state index in [1.54, 1.807) is 0 Å². The highest BCUT2D eigenvalue weighted by atomic mass is 35.5. The summed E-state index contributed by atoms with van der Waals surface area (Å²) in [5.41, 5.74) is 1.32. The maximum Gasteiger partial charge on any atom is 0.0223 e. The molecule has 0 atom stereocenters. The van der Waals surface area contributed by atoms with Crippen LogP contribution in [0.25, 0.3) is 0 Å². The minimum absolute atomic E-state index is 0.827. The summed E-state index contributed by atoms with van der Waals surface area (Å²) in [6, 6.07) is 10.3. The van der Waals surface area contributed by atoms with Gasteiger partial charge in [0.25, 0.3) is 0 Å². The van der Waals surface area contributed by atoms with Crippen molar-refractivity contribution < 1.29 is 0 Å². The molecule has 1 aromatic carbocycles. The van der Waals surface area contributed by atoms with Crippen LogP contribution < -0.4 is 0 Å². The summed E-state index contributed by atoms with van der Waals surface area (Å²) in [4.78, 5) is 0. The van der Waals surface area contributed by atoms with Gasteiger partial charge in [0.2, 0.25) is 0 Å². The lowest BCUT2D eigenvalue weighted by atomic mass is 10.2. The van der Waals surface area contributed by atoms with E-state index in [4.69, 9.17) is 11.6 Å². The molecule has 74 valence electrons. The fraction of sp³-hybridized carbons (Fsp3) is 0.500. The Bertz CT molecular complexity index is 178. The van der Waals surface area contributed by atoms with Gasteiger partial charge in [-0.1, -0.05) is 55.7 Å². The lowest BCUT2D eigenvalue weighted by Crippen LogP contribution is -1.70. The molecule has 0 fully saturated rings. The van der Waals surface area contributed by atoms with Crippen LogP contribution in [-0.4, -0.2) is 5.88 Å². The van der Waals surface area contributed by atoms with Crippen LogP contribution in [0.15, 0.2) is 30.3 Å². The average molecular weight is 199 g/mol. The van der Waals surface area contributed by atoms with E-state index in [-0.39, 0.29) is 0 Å². The molecule has 0 N–H and O–H groups in total. The number of unbranched alkanes of at least 4 members (excludes halogenated alkanes) is 2. The SMILES string of the molecule is CCCCCCl.Cc1ccccc1. The third-order valence-corrected chi connectivity index (χ3v) is 1.94. The second-order valence-electron chi connectivity index (χ2n) is 3.05. The fourth-order valence-corrected chi connectivity index (χ4v) is 1.07. The fourth-order valence-electron chi connectivity index (χ4n) is 0.879. The molecule has 0 radical (unpaired) electrons. The molecule has 1 rings (SSSR count). The van der Waals surface area contributed by atoms with Gasteiger partial charge >= 0.3 is 0 Å². The highest BCUT2D eigenvalue weighted by molar-refractivity contribution is 6.17. The van der Waals surface area contributed by atoms with Gasteiger partial charge in [-0.2, -0.15) is 0 Å². The number of alkyl halides is 1. The summed E-state index contributed by atoms with van der Waals surface area (Å²) in [7, 11) is 0. The van der Waals surface area contributed by atoms with E-state index in [1.165, 1.54) is 24.8 Å². The highest BCUT2D eigenvalue weighted by Gasteiger charge is 1.76. The molecule has 0 nitrogen and oxygen atoms in total. The predicted octanol–water partition coefficient (Wildman–Crippen LogP) is 4.41. The molecule has 0 heterocycles. The van der Waals surface area contributed by atoms with Crippen molar-refractivity contribution in [3.05, 3.63) is 35.9 Å².